The maximum Gasteiger partial charge on any atom is 0.127 e. The van der Waals surface area contributed by atoms with Gasteiger partial charge < -0.3 is 9.84 Å². The molecule has 2 aromatic carbocycles. The van der Waals surface area contributed by atoms with E-state index in [1.54, 1.807) is 11.8 Å². The van der Waals surface area contributed by atoms with Crippen molar-refractivity contribution in [1.29, 1.82) is 0 Å². The Bertz CT molecular complexity index is 520. The molecule has 0 aliphatic carbocycles. The average molecular weight is 288 g/mol. The summed E-state index contributed by atoms with van der Waals surface area (Å²) >= 11 is 1.75. The number of ether oxygens (including phenoxy) is 1. The van der Waals surface area contributed by atoms with Crippen LogP contribution in [0.25, 0.3) is 0 Å². The predicted octanol–water partition coefficient (Wildman–Crippen LogP) is 4.59. The first-order chi connectivity index (χ1) is 9.59. The molecule has 20 heavy (non-hydrogen) atoms. The van der Waals surface area contributed by atoms with E-state index in [4.69, 9.17) is 4.74 Å². The van der Waals surface area contributed by atoms with Gasteiger partial charge >= 0.3 is 0 Å². The van der Waals surface area contributed by atoms with Crippen molar-refractivity contribution in [2.75, 3.05) is 12.4 Å². The summed E-state index contributed by atoms with van der Waals surface area (Å²) in [4.78, 5) is 1.19. The standard InChI is InChI=1S/C17H20O2S/c1-17(2,12-18)13-20-16-10-8-15(9-11-16)19-14-6-4-3-5-7-14/h3-11,18H,12-13H2,1-2H3. The fourth-order valence-electron chi connectivity index (χ4n) is 1.55. The molecule has 3 heteroatoms. The van der Waals surface area contributed by atoms with E-state index in [9.17, 15) is 5.11 Å². The second-order valence-corrected chi connectivity index (χ2v) is 6.55. The summed E-state index contributed by atoms with van der Waals surface area (Å²) in [6.45, 7) is 4.33. The summed E-state index contributed by atoms with van der Waals surface area (Å²) in [5, 5.41) is 9.25. The summed E-state index contributed by atoms with van der Waals surface area (Å²) in [5.41, 5.74) is -0.0517. The van der Waals surface area contributed by atoms with Gasteiger partial charge in [-0.15, -0.1) is 11.8 Å². The Labute approximate surface area is 124 Å². The smallest absolute Gasteiger partial charge is 0.127 e. The van der Waals surface area contributed by atoms with Gasteiger partial charge in [-0.1, -0.05) is 32.0 Å². The normalized spacial score (nSPS) is 11.3. The second kappa shape index (κ2) is 6.82. The molecular weight excluding hydrogens is 268 g/mol. The van der Waals surface area contributed by atoms with Crippen LogP contribution in [0.3, 0.4) is 0 Å². The molecule has 1 N–H and O–H groups in total. The molecule has 2 rings (SSSR count). The summed E-state index contributed by atoms with van der Waals surface area (Å²) in [5.74, 6) is 2.57. The van der Waals surface area contributed by atoms with Crippen LogP contribution < -0.4 is 4.74 Å². The van der Waals surface area contributed by atoms with E-state index in [1.807, 2.05) is 42.5 Å². The van der Waals surface area contributed by atoms with Gasteiger partial charge in [0.1, 0.15) is 11.5 Å². The Balaban J connectivity index is 1.93. The lowest BCUT2D eigenvalue weighted by Gasteiger charge is -2.20. The molecule has 0 saturated carbocycles. The van der Waals surface area contributed by atoms with Crippen LogP contribution in [-0.2, 0) is 0 Å². The highest BCUT2D eigenvalue weighted by atomic mass is 32.2. The van der Waals surface area contributed by atoms with Gasteiger partial charge in [-0.05, 0) is 41.8 Å². The third-order valence-corrected chi connectivity index (χ3v) is 4.39. The third-order valence-electron chi connectivity index (χ3n) is 2.86. The number of rotatable bonds is 6. The zero-order valence-electron chi connectivity index (χ0n) is 11.9. The van der Waals surface area contributed by atoms with Crippen molar-refractivity contribution in [1.82, 2.24) is 0 Å². The lowest BCUT2D eigenvalue weighted by atomic mass is 9.98. The zero-order chi connectivity index (χ0) is 14.4. The van der Waals surface area contributed by atoms with Gasteiger partial charge in [-0.3, -0.25) is 0 Å². The van der Waals surface area contributed by atoms with Gasteiger partial charge in [0.15, 0.2) is 0 Å². The minimum Gasteiger partial charge on any atom is -0.457 e. The van der Waals surface area contributed by atoms with Crippen LogP contribution in [0.4, 0.5) is 0 Å². The molecule has 2 nitrogen and oxygen atoms in total. The Kier molecular flexibility index (Phi) is 5.10. The summed E-state index contributed by atoms with van der Waals surface area (Å²) in [6.07, 6.45) is 0. The van der Waals surface area contributed by atoms with Crippen LogP contribution in [0.15, 0.2) is 59.5 Å². The summed E-state index contributed by atoms with van der Waals surface area (Å²) in [7, 11) is 0. The largest absolute Gasteiger partial charge is 0.457 e. The topological polar surface area (TPSA) is 29.5 Å². The monoisotopic (exact) mass is 288 g/mol. The zero-order valence-corrected chi connectivity index (χ0v) is 12.7. The fraction of sp³-hybridized carbons (Fsp3) is 0.294. The van der Waals surface area contributed by atoms with Crippen molar-refractivity contribution >= 4 is 11.8 Å². The first-order valence-electron chi connectivity index (χ1n) is 6.66. The van der Waals surface area contributed by atoms with Crippen molar-refractivity contribution in [3.8, 4) is 11.5 Å². The van der Waals surface area contributed by atoms with Gasteiger partial charge in [-0.25, -0.2) is 0 Å². The molecule has 0 atom stereocenters. The van der Waals surface area contributed by atoms with E-state index >= 15 is 0 Å². The van der Waals surface area contributed by atoms with Crippen molar-refractivity contribution in [2.45, 2.75) is 18.7 Å². The Morgan fingerprint density at radius 3 is 2.15 bits per heavy atom. The third kappa shape index (κ3) is 4.58. The van der Waals surface area contributed by atoms with Gasteiger partial charge in [0.05, 0.1) is 0 Å². The molecule has 0 aromatic heterocycles. The molecule has 0 spiro atoms. The van der Waals surface area contributed by atoms with Gasteiger partial charge in [-0.2, -0.15) is 0 Å². The summed E-state index contributed by atoms with van der Waals surface area (Å²) in [6, 6.07) is 17.8. The number of aliphatic hydroxyl groups excluding tert-OH is 1. The SMILES string of the molecule is CC(C)(CO)CSc1ccc(Oc2ccccc2)cc1. The van der Waals surface area contributed by atoms with E-state index in [-0.39, 0.29) is 12.0 Å². The van der Waals surface area contributed by atoms with Crippen LogP contribution >= 0.6 is 11.8 Å². The van der Waals surface area contributed by atoms with Gasteiger partial charge in [0, 0.05) is 17.3 Å². The number of para-hydroxylation sites is 1. The van der Waals surface area contributed by atoms with Crippen LogP contribution in [0, 0.1) is 5.41 Å². The Morgan fingerprint density at radius 2 is 1.55 bits per heavy atom. The molecule has 0 amide bonds. The Hall–Kier alpha value is -1.45. The maximum absolute atomic E-state index is 9.25. The molecule has 2 aromatic rings. The van der Waals surface area contributed by atoms with E-state index < -0.39 is 0 Å². The number of thioether (sulfide) groups is 1. The molecular formula is C17H20O2S. The van der Waals surface area contributed by atoms with E-state index in [1.165, 1.54) is 4.90 Å². The highest BCUT2D eigenvalue weighted by molar-refractivity contribution is 7.99. The quantitative estimate of drug-likeness (QED) is 0.788. The molecule has 0 aliphatic rings. The molecule has 0 unspecified atom stereocenters. The highest BCUT2D eigenvalue weighted by Gasteiger charge is 2.16. The van der Waals surface area contributed by atoms with Crippen molar-refractivity contribution in [2.24, 2.45) is 5.41 Å². The number of benzene rings is 2. The van der Waals surface area contributed by atoms with Crippen molar-refractivity contribution in [3.63, 3.8) is 0 Å². The molecule has 0 bridgehead atoms. The molecule has 0 aliphatic heterocycles. The van der Waals surface area contributed by atoms with Crippen LogP contribution in [-0.4, -0.2) is 17.5 Å². The minimum atomic E-state index is -0.0517. The number of hydrogen-bond acceptors (Lipinski definition) is 3. The van der Waals surface area contributed by atoms with Gasteiger partial charge in [0.2, 0.25) is 0 Å². The maximum atomic E-state index is 9.25. The first kappa shape index (κ1) is 14.9. The number of aliphatic hydroxyl groups is 1. The number of hydrogen-bond donors (Lipinski definition) is 1. The van der Waals surface area contributed by atoms with Crippen LogP contribution in [0.1, 0.15) is 13.8 Å². The molecule has 106 valence electrons. The van der Waals surface area contributed by atoms with Crippen molar-refractivity contribution in [3.05, 3.63) is 54.6 Å². The minimum absolute atomic E-state index is 0.0517. The van der Waals surface area contributed by atoms with E-state index in [0.717, 1.165) is 17.3 Å². The van der Waals surface area contributed by atoms with E-state index in [0.29, 0.717) is 0 Å². The van der Waals surface area contributed by atoms with Crippen LogP contribution in [0.5, 0.6) is 11.5 Å². The predicted molar refractivity (Wildman–Crippen MR) is 84.5 cm³/mol. The first-order valence-corrected chi connectivity index (χ1v) is 7.64. The van der Waals surface area contributed by atoms with Crippen molar-refractivity contribution < 1.29 is 9.84 Å². The lowest BCUT2D eigenvalue weighted by Crippen LogP contribution is -2.19. The lowest BCUT2D eigenvalue weighted by molar-refractivity contribution is 0.181. The second-order valence-electron chi connectivity index (χ2n) is 5.50. The van der Waals surface area contributed by atoms with Crippen LogP contribution in [0.2, 0.25) is 0 Å². The van der Waals surface area contributed by atoms with Gasteiger partial charge in [0.25, 0.3) is 0 Å². The van der Waals surface area contributed by atoms with E-state index in [2.05, 4.69) is 26.0 Å². The summed E-state index contributed by atoms with van der Waals surface area (Å²) < 4.78 is 5.75. The highest BCUT2D eigenvalue weighted by Crippen LogP contribution is 2.29. The average Bonchev–Trinajstić information content (AvgIpc) is 2.48. The molecule has 0 saturated heterocycles. The molecule has 0 fully saturated rings. The molecule has 0 radical (unpaired) electrons. The fourth-order valence-corrected chi connectivity index (χ4v) is 2.53. The Morgan fingerprint density at radius 1 is 0.950 bits per heavy atom. The molecule has 0 heterocycles.